The standard InChI is InChI=1S/C9H20N2/c1-3-8-11(4-2)9-6-5-7-10/h3H,1,4-10H2,2H3. The SMILES string of the molecule is C=CCN(CC)CCCCN. The minimum absolute atomic E-state index is 0.811. The predicted molar refractivity (Wildman–Crippen MR) is 50.6 cm³/mol. The van der Waals surface area contributed by atoms with Gasteiger partial charge in [-0.1, -0.05) is 13.0 Å². The van der Waals surface area contributed by atoms with Crippen LogP contribution >= 0.6 is 0 Å². The van der Waals surface area contributed by atoms with Crippen molar-refractivity contribution in [2.75, 3.05) is 26.2 Å². The highest BCUT2D eigenvalue weighted by Crippen LogP contribution is 1.93. The molecule has 0 bridgehead atoms. The number of nitrogens with two attached hydrogens (primary N) is 1. The first kappa shape index (κ1) is 10.7. The van der Waals surface area contributed by atoms with Gasteiger partial charge in [0, 0.05) is 6.54 Å². The molecule has 0 atom stereocenters. The molecule has 2 N–H and O–H groups in total. The summed E-state index contributed by atoms with van der Waals surface area (Å²) in [6.45, 7) is 9.96. The van der Waals surface area contributed by atoms with Crippen LogP contribution in [0.2, 0.25) is 0 Å². The Labute approximate surface area is 70.1 Å². The van der Waals surface area contributed by atoms with Crippen LogP contribution in [0.25, 0.3) is 0 Å². The molecule has 0 aliphatic carbocycles. The van der Waals surface area contributed by atoms with E-state index in [1.54, 1.807) is 0 Å². The smallest absolute Gasteiger partial charge is 0.0160 e. The molecule has 2 heteroatoms. The molecule has 0 unspecified atom stereocenters. The predicted octanol–water partition coefficient (Wildman–Crippen LogP) is 1.23. The third-order valence-electron chi connectivity index (χ3n) is 1.76. The van der Waals surface area contributed by atoms with Crippen molar-refractivity contribution in [3.05, 3.63) is 12.7 Å². The first-order chi connectivity index (χ1) is 5.35. The summed E-state index contributed by atoms with van der Waals surface area (Å²) in [6, 6.07) is 0. The van der Waals surface area contributed by atoms with Gasteiger partial charge in [-0.15, -0.1) is 6.58 Å². The monoisotopic (exact) mass is 156 g/mol. The lowest BCUT2D eigenvalue weighted by Gasteiger charge is -2.17. The Kier molecular flexibility index (Phi) is 7.52. The lowest BCUT2D eigenvalue weighted by atomic mass is 10.3. The molecule has 0 spiro atoms. The maximum atomic E-state index is 5.39. The van der Waals surface area contributed by atoms with Gasteiger partial charge in [0.2, 0.25) is 0 Å². The minimum atomic E-state index is 0.811. The second-order valence-electron chi connectivity index (χ2n) is 2.68. The molecule has 0 saturated carbocycles. The van der Waals surface area contributed by atoms with Crippen LogP contribution in [-0.2, 0) is 0 Å². The summed E-state index contributed by atoms with van der Waals surface area (Å²) in [5.41, 5.74) is 5.39. The van der Waals surface area contributed by atoms with Gasteiger partial charge in [0.15, 0.2) is 0 Å². The van der Waals surface area contributed by atoms with Crippen molar-refractivity contribution in [2.24, 2.45) is 5.73 Å². The second kappa shape index (κ2) is 7.76. The number of hydrogen-bond donors (Lipinski definition) is 1. The zero-order valence-electron chi connectivity index (χ0n) is 7.55. The first-order valence-corrected chi connectivity index (χ1v) is 4.38. The maximum Gasteiger partial charge on any atom is 0.0160 e. The Morgan fingerprint density at radius 3 is 2.64 bits per heavy atom. The van der Waals surface area contributed by atoms with E-state index < -0.39 is 0 Å². The van der Waals surface area contributed by atoms with E-state index in [2.05, 4.69) is 18.4 Å². The fourth-order valence-corrected chi connectivity index (χ4v) is 1.04. The van der Waals surface area contributed by atoms with E-state index in [0.29, 0.717) is 0 Å². The molecule has 0 aromatic heterocycles. The molecule has 11 heavy (non-hydrogen) atoms. The molecule has 0 heterocycles. The zero-order valence-corrected chi connectivity index (χ0v) is 7.55. The summed E-state index contributed by atoms with van der Waals surface area (Å²) >= 11 is 0. The van der Waals surface area contributed by atoms with Crippen molar-refractivity contribution in [3.63, 3.8) is 0 Å². The van der Waals surface area contributed by atoms with Gasteiger partial charge in [0.25, 0.3) is 0 Å². The van der Waals surface area contributed by atoms with E-state index in [9.17, 15) is 0 Å². The van der Waals surface area contributed by atoms with Crippen molar-refractivity contribution in [1.82, 2.24) is 4.90 Å². The minimum Gasteiger partial charge on any atom is -0.330 e. The van der Waals surface area contributed by atoms with Crippen molar-refractivity contribution in [1.29, 1.82) is 0 Å². The highest BCUT2D eigenvalue weighted by atomic mass is 15.1. The molecule has 0 rings (SSSR count). The van der Waals surface area contributed by atoms with E-state index in [-0.39, 0.29) is 0 Å². The molecule has 2 nitrogen and oxygen atoms in total. The van der Waals surface area contributed by atoms with Gasteiger partial charge >= 0.3 is 0 Å². The third kappa shape index (κ3) is 6.07. The summed E-state index contributed by atoms with van der Waals surface area (Å²) in [5, 5.41) is 0. The second-order valence-corrected chi connectivity index (χ2v) is 2.68. The number of unbranched alkanes of at least 4 members (excludes halogenated alkanes) is 1. The summed E-state index contributed by atoms with van der Waals surface area (Å²) in [5.74, 6) is 0. The van der Waals surface area contributed by atoms with Gasteiger partial charge < -0.3 is 5.73 Å². The number of hydrogen-bond acceptors (Lipinski definition) is 2. The average molecular weight is 156 g/mol. The maximum absolute atomic E-state index is 5.39. The summed E-state index contributed by atoms with van der Waals surface area (Å²) in [4.78, 5) is 2.36. The molecule has 66 valence electrons. The van der Waals surface area contributed by atoms with E-state index in [1.807, 2.05) is 6.08 Å². The third-order valence-corrected chi connectivity index (χ3v) is 1.76. The fourth-order valence-electron chi connectivity index (χ4n) is 1.04. The lowest BCUT2D eigenvalue weighted by molar-refractivity contribution is 0.312. The summed E-state index contributed by atoms with van der Waals surface area (Å²) in [7, 11) is 0. The summed E-state index contributed by atoms with van der Waals surface area (Å²) in [6.07, 6.45) is 4.29. The molecule has 0 aromatic rings. The largest absolute Gasteiger partial charge is 0.330 e. The molecular weight excluding hydrogens is 136 g/mol. The van der Waals surface area contributed by atoms with Crippen LogP contribution in [-0.4, -0.2) is 31.1 Å². The molecule has 0 amide bonds. The van der Waals surface area contributed by atoms with Gasteiger partial charge in [-0.25, -0.2) is 0 Å². The quantitative estimate of drug-likeness (QED) is 0.444. The van der Waals surface area contributed by atoms with Crippen LogP contribution in [0.3, 0.4) is 0 Å². The molecule has 0 fully saturated rings. The van der Waals surface area contributed by atoms with Crippen molar-refractivity contribution in [3.8, 4) is 0 Å². The first-order valence-electron chi connectivity index (χ1n) is 4.38. The Balaban J connectivity index is 3.27. The fraction of sp³-hybridized carbons (Fsp3) is 0.778. The highest BCUT2D eigenvalue weighted by Gasteiger charge is 1.97. The molecule has 0 aliphatic heterocycles. The van der Waals surface area contributed by atoms with E-state index in [1.165, 1.54) is 6.42 Å². The highest BCUT2D eigenvalue weighted by molar-refractivity contribution is 4.72. The molecular formula is C9H20N2. The van der Waals surface area contributed by atoms with Crippen molar-refractivity contribution >= 4 is 0 Å². The van der Waals surface area contributed by atoms with Crippen LogP contribution in [0.15, 0.2) is 12.7 Å². The van der Waals surface area contributed by atoms with E-state index >= 15 is 0 Å². The van der Waals surface area contributed by atoms with Crippen LogP contribution in [0.5, 0.6) is 0 Å². The Bertz CT molecular complexity index is 91.6. The van der Waals surface area contributed by atoms with Crippen LogP contribution < -0.4 is 5.73 Å². The number of likely N-dealkylation sites (N-methyl/N-ethyl adjacent to an activating group) is 1. The molecule has 0 aromatic carbocycles. The average Bonchev–Trinajstić information content (AvgIpc) is 2.03. The van der Waals surface area contributed by atoms with Crippen LogP contribution in [0.4, 0.5) is 0 Å². The van der Waals surface area contributed by atoms with Gasteiger partial charge in [-0.3, -0.25) is 4.90 Å². The van der Waals surface area contributed by atoms with E-state index in [0.717, 1.165) is 32.6 Å². The topological polar surface area (TPSA) is 29.3 Å². The lowest BCUT2D eigenvalue weighted by Crippen LogP contribution is -2.24. The van der Waals surface area contributed by atoms with Crippen LogP contribution in [0, 0.1) is 0 Å². The van der Waals surface area contributed by atoms with Crippen molar-refractivity contribution in [2.45, 2.75) is 19.8 Å². The molecule has 0 saturated heterocycles. The Hall–Kier alpha value is -0.340. The summed E-state index contributed by atoms with van der Waals surface area (Å²) < 4.78 is 0. The normalized spacial score (nSPS) is 10.5. The van der Waals surface area contributed by atoms with Crippen molar-refractivity contribution < 1.29 is 0 Å². The number of rotatable bonds is 7. The Morgan fingerprint density at radius 1 is 1.45 bits per heavy atom. The van der Waals surface area contributed by atoms with E-state index in [4.69, 9.17) is 5.73 Å². The Morgan fingerprint density at radius 2 is 2.18 bits per heavy atom. The number of nitrogens with zero attached hydrogens (tertiary/aromatic N) is 1. The zero-order chi connectivity index (χ0) is 8.53. The van der Waals surface area contributed by atoms with Gasteiger partial charge in [-0.05, 0) is 32.5 Å². The molecule has 0 aliphatic rings. The molecule has 0 radical (unpaired) electrons. The van der Waals surface area contributed by atoms with Crippen LogP contribution in [0.1, 0.15) is 19.8 Å². The van der Waals surface area contributed by atoms with Gasteiger partial charge in [0.1, 0.15) is 0 Å². The van der Waals surface area contributed by atoms with Gasteiger partial charge in [0.05, 0.1) is 0 Å². The van der Waals surface area contributed by atoms with Gasteiger partial charge in [-0.2, -0.15) is 0 Å².